The monoisotopic (exact) mass is 349 g/mol. The second kappa shape index (κ2) is 6.86. The Hall–Kier alpha value is -1.58. The van der Waals surface area contributed by atoms with Crippen molar-refractivity contribution in [1.29, 1.82) is 0 Å². The molecule has 0 saturated carbocycles. The van der Waals surface area contributed by atoms with E-state index in [9.17, 15) is 0 Å². The number of likely N-dealkylation sites (N-methyl/N-ethyl adjacent to an activating group) is 1. The van der Waals surface area contributed by atoms with Crippen molar-refractivity contribution in [3.63, 3.8) is 0 Å². The molecule has 1 aromatic carbocycles. The molecular weight excluding hydrogens is 318 g/mol. The van der Waals surface area contributed by atoms with Gasteiger partial charge in [-0.3, -0.25) is 4.90 Å². The molecule has 1 aromatic heterocycles. The van der Waals surface area contributed by atoms with E-state index in [1.165, 1.54) is 86.7 Å². The van der Waals surface area contributed by atoms with Gasteiger partial charge in [-0.1, -0.05) is 19.1 Å². The van der Waals surface area contributed by atoms with Crippen LogP contribution < -0.4 is 0 Å². The molecule has 138 valence electrons. The number of rotatable bonds is 4. The molecular formula is C23H31N3. The van der Waals surface area contributed by atoms with Crippen LogP contribution in [0.25, 0.3) is 16.5 Å². The van der Waals surface area contributed by atoms with Crippen molar-refractivity contribution in [1.82, 2.24) is 14.8 Å². The van der Waals surface area contributed by atoms with Crippen molar-refractivity contribution >= 4 is 16.5 Å². The Morgan fingerprint density at radius 2 is 2.04 bits per heavy atom. The number of likely N-dealkylation sites (tertiary alicyclic amines) is 1. The highest BCUT2D eigenvalue weighted by Crippen LogP contribution is 2.33. The van der Waals surface area contributed by atoms with Gasteiger partial charge in [0.15, 0.2) is 0 Å². The fourth-order valence-electron chi connectivity index (χ4n) is 5.48. The first-order chi connectivity index (χ1) is 12.8. The highest BCUT2D eigenvalue weighted by atomic mass is 15.2. The van der Waals surface area contributed by atoms with Crippen LogP contribution in [0.4, 0.5) is 0 Å². The largest absolute Gasteiger partial charge is 0.361 e. The molecule has 2 aromatic rings. The number of hydrogen-bond acceptors (Lipinski definition) is 2. The van der Waals surface area contributed by atoms with E-state index in [-0.39, 0.29) is 0 Å². The summed E-state index contributed by atoms with van der Waals surface area (Å²) in [6.07, 6.45) is 12.6. The minimum absolute atomic E-state index is 0.691. The van der Waals surface area contributed by atoms with Crippen molar-refractivity contribution in [2.75, 3.05) is 26.2 Å². The molecule has 5 rings (SSSR count). The van der Waals surface area contributed by atoms with E-state index < -0.39 is 0 Å². The van der Waals surface area contributed by atoms with Gasteiger partial charge in [-0.2, -0.15) is 0 Å². The molecule has 3 nitrogen and oxygen atoms in total. The number of aromatic amines is 1. The summed E-state index contributed by atoms with van der Waals surface area (Å²) in [6.45, 7) is 7.29. The first kappa shape index (κ1) is 16.6. The van der Waals surface area contributed by atoms with Crippen molar-refractivity contribution in [2.24, 2.45) is 0 Å². The number of nitrogens with zero attached hydrogens (tertiary/aromatic N) is 2. The Bertz CT molecular complexity index is 818. The van der Waals surface area contributed by atoms with Crippen molar-refractivity contribution < 1.29 is 0 Å². The van der Waals surface area contributed by atoms with E-state index >= 15 is 0 Å². The molecule has 2 fully saturated rings. The third-order valence-electron chi connectivity index (χ3n) is 6.98. The van der Waals surface area contributed by atoms with Gasteiger partial charge >= 0.3 is 0 Å². The first-order valence-electron chi connectivity index (χ1n) is 10.6. The lowest BCUT2D eigenvalue weighted by Gasteiger charge is -2.28. The molecule has 0 aliphatic carbocycles. The molecule has 1 N–H and O–H groups in total. The lowest BCUT2D eigenvalue weighted by atomic mass is 9.94. The lowest BCUT2D eigenvalue weighted by molar-refractivity contribution is 0.266. The molecule has 2 saturated heterocycles. The Kier molecular flexibility index (Phi) is 4.38. The molecule has 0 radical (unpaired) electrons. The van der Waals surface area contributed by atoms with Gasteiger partial charge in [0.25, 0.3) is 0 Å². The van der Waals surface area contributed by atoms with Crippen LogP contribution in [0.15, 0.2) is 30.5 Å². The normalized spacial score (nSPS) is 27.2. The molecule has 0 spiro atoms. The average molecular weight is 350 g/mol. The van der Waals surface area contributed by atoms with Crippen LogP contribution >= 0.6 is 0 Å². The van der Waals surface area contributed by atoms with E-state index in [0.717, 1.165) is 6.04 Å². The summed E-state index contributed by atoms with van der Waals surface area (Å²) < 4.78 is 0. The van der Waals surface area contributed by atoms with E-state index in [1.807, 2.05) is 0 Å². The van der Waals surface area contributed by atoms with Crippen LogP contribution in [-0.4, -0.2) is 53.0 Å². The van der Waals surface area contributed by atoms with Crippen molar-refractivity contribution in [2.45, 2.75) is 57.5 Å². The number of H-pyrrole nitrogens is 1. The zero-order valence-electron chi connectivity index (χ0n) is 16.0. The standard InChI is InChI=1S/C23H31N3/c1-2-25-10-3-5-20(25)14-19-16-24-23-8-7-17(15-22(19)23)18-9-12-26-11-4-6-21(26)13-18/h7-8,13,15-16,20-21,24H,2-6,9-12,14H2,1H3/t20-,21+/m1/s1. The van der Waals surface area contributed by atoms with Gasteiger partial charge in [0.05, 0.1) is 0 Å². The Labute approximate surface area is 157 Å². The zero-order chi connectivity index (χ0) is 17.5. The van der Waals surface area contributed by atoms with Gasteiger partial charge in [-0.05, 0) is 87.0 Å². The summed E-state index contributed by atoms with van der Waals surface area (Å²) in [5, 5.41) is 1.44. The van der Waals surface area contributed by atoms with Crippen LogP contribution in [0.3, 0.4) is 0 Å². The lowest BCUT2D eigenvalue weighted by Crippen LogP contribution is -2.32. The Morgan fingerprint density at radius 1 is 1.12 bits per heavy atom. The fourth-order valence-corrected chi connectivity index (χ4v) is 5.48. The van der Waals surface area contributed by atoms with Crippen LogP contribution in [0, 0.1) is 0 Å². The van der Waals surface area contributed by atoms with Crippen LogP contribution in [0.1, 0.15) is 50.2 Å². The molecule has 26 heavy (non-hydrogen) atoms. The molecule has 4 heterocycles. The van der Waals surface area contributed by atoms with Gasteiger partial charge in [0.1, 0.15) is 0 Å². The smallest absolute Gasteiger partial charge is 0.0457 e. The zero-order valence-corrected chi connectivity index (χ0v) is 16.0. The molecule has 3 aliphatic heterocycles. The van der Waals surface area contributed by atoms with Gasteiger partial charge in [0, 0.05) is 35.7 Å². The summed E-state index contributed by atoms with van der Waals surface area (Å²) in [5.41, 5.74) is 5.82. The van der Waals surface area contributed by atoms with Crippen molar-refractivity contribution in [3.8, 4) is 0 Å². The summed E-state index contributed by atoms with van der Waals surface area (Å²) in [5.74, 6) is 0. The summed E-state index contributed by atoms with van der Waals surface area (Å²) >= 11 is 0. The van der Waals surface area contributed by atoms with E-state index in [2.05, 4.69) is 52.2 Å². The Morgan fingerprint density at radius 3 is 2.96 bits per heavy atom. The minimum Gasteiger partial charge on any atom is -0.361 e. The van der Waals surface area contributed by atoms with E-state index in [1.54, 1.807) is 5.57 Å². The van der Waals surface area contributed by atoms with Crippen LogP contribution in [0.2, 0.25) is 0 Å². The third kappa shape index (κ3) is 2.91. The van der Waals surface area contributed by atoms with Gasteiger partial charge in [0.2, 0.25) is 0 Å². The molecule has 0 bridgehead atoms. The van der Waals surface area contributed by atoms with E-state index in [0.29, 0.717) is 6.04 Å². The minimum atomic E-state index is 0.691. The summed E-state index contributed by atoms with van der Waals surface area (Å²) in [4.78, 5) is 8.83. The highest BCUT2D eigenvalue weighted by molar-refractivity contribution is 5.87. The van der Waals surface area contributed by atoms with Gasteiger partial charge < -0.3 is 9.88 Å². The summed E-state index contributed by atoms with van der Waals surface area (Å²) in [6, 6.07) is 8.50. The van der Waals surface area contributed by atoms with Crippen molar-refractivity contribution in [3.05, 3.63) is 41.6 Å². The Balaban J connectivity index is 1.44. The predicted molar refractivity (Wildman–Crippen MR) is 109 cm³/mol. The molecule has 0 amide bonds. The van der Waals surface area contributed by atoms with Gasteiger partial charge in [-0.25, -0.2) is 0 Å². The maximum atomic E-state index is 3.52. The SMILES string of the molecule is CCN1CCC[C@@H]1Cc1c[nH]c2ccc(C3=C[C@@H]4CCCN4CC3)cc12. The number of benzene rings is 1. The average Bonchev–Trinajstić information content (AvgIpc) is 3.40. The summed E-state index contributed by atoms with van der Waals surface area (Å²) in [7, 11) is 0. The number of aromatic nitrogens is 1. The second-order valence-corrected chi connectivity index (χ2v) is 8.39. The second-order valence-electron chi connectivity index (χ2n) is 8.39. The van der Waals surface area contributed by atoms with E-state index in [4.69, 9.17) is 0 Å². The molecule has 3 aliphatic rings. The third-order valence-corrected chi connectivity index (χ3v) is 6.98. The molecule has 2 atom stereocenters. The van der Waals surface area contributed by atoms with Crippen LogP contribution in [-0.2, 0) is 6.42 Å². The quantitative estimate of drug-likeness (QED) is 0.881. The van der Waals surface area contributed by atoms with Crippen LogP contribution in [0.5, 0.6) is 0 Å². The molecule has 0 unspecified atom stereocenters. The van der Waals surface area contributed by atoms with Gasteiger partial charge in [-0.15, -0.1) is 0 Å². The number of nitrogens with one attached hydrogen (secondary N) is 1. The predicted octanol–water partition coefficient (Wildman–Crippen LogP) is 4.45. The topological polar surface area (TPSA) is 22.3 Å². The first-order valence-corrected chi connectivity index (χ1v) is 10.6. The maximum Gasteiger partial charge on any atom is 0.0457 e. The number of hydrogen-bond donors (Lipinski definition) is 1. The highest BCUT2D eigenvalue weighted by Gasteiger charge is 2.27. The number of fused-ring (bicyclic) bond motifs is 2. The molecule has 3 heteroatoms. The maximum absolute atomic E-state index is 3.52. The fraction of sp³-hybridized carbons (Fsp3) is 0.565.